The summed E-state index contributed by atoms with van der Waals surface area (Å²) in [5.41, 5.74) is 2.82. The Kier molecular flexibility index (Phi) is 3.97. The lowest BCUT2D eigenvalue weighted by Gasteiger charge is -2.35. The summed E-state index contributed by atoms with van der Waals surface area (Å²) in [4.78, 5) is 25.1. The van der Waals surface area contributed by atoms with Crippen molar-refractivity contribution in [2.75, 3.05) is 31.1 Å². The summed E-state index contributed by atoms with van der Waals surface area (Å²) in [6.45, 7) is 6.37. The van der Waals surface area contributed by atoms with Gasteiger partial charge in [-0.3, -0.25) is 9.69 Å². The average molecular weight is 360 g/mol. The number of anilines is 1. The number of rotatable bonds is 3. The summed E-state index contributed by atoms with van der Waals surface area (Å²) in [5, 5.41) is 1.73. The van der Waals surface area contributed by atoms with E-state index in [4.69, 9.17) is 0 Å². The van der Waals surface area contributed by atoms with Gasteiger partial charge in [0.2, 0.25) is 0 Å². The van der Waals surface area contributed by atoms with E-state index in [1.807, 2.05) is 31.3 Å². The lowest BCUT2D eigenvalue weighted by molar-refractivity contribution is 0.247. The molecular formula is C22H24N4O. The quantitative estimate of drug-likeness (QED) is 0.779. The Balaban J connectivity index is 1.39. The molecule has 0 radical (unpaired) electrons. The molecule has 1 saturated heterocycles. The van der Waals surface area contributed by atoms with E-state index in [-0.39, 0.29) is 5.56 Å². The summed E-state index contributed by atoms with van der Waals surface area (Å²) in [6, 6.07) is 12.9. The molecule has 3 heterocycles. The van der Waals surface area contributed by atoms with Gasteiger partial charge in [-0.25, -0.2) is 4.98 Å². The fraction of sp³-hybridized carbons (Fsp3) is 0.364. The predicted molar refractivity (Wildman–Crippen MR) is 109 cm³/mol. The highest BCUT2D eigenvalue weighted by Gasteiger charge is 2.31. The number of hydrogen-bond donors (Lipinski definition) is 1. The van der Waals surface area contributed by atoms with E-state index >= 15 is 0 Å². The van der Waals surface area contributed by atoms with E-state index < -0.39 is 0 Å². The number of aromatic amines is 1. The van der Waals surface area contributed by atoms with Crippen LogP contribution in [-0.2, 0) is 0 Å². The van der Waals surface area contributed by atoms with Gasteiger partial charge in [0.25, 0.3) is 5.56 Å². The largest absolute Gasteiger partial charge is 0.354 e. The molecule has 1 aromatic carbocycles. The van der Waals surface area contributed by atoms with Gasteiger partial charge in [0, 0.05) is 49.4 Å². The molecule has 0 bridgehead atoms. The van der Waals surface area contributed by atoms with Crippen molar-refractivity contribution >= 4 is 16.6 Å². The number of aromatic nitrogens is 2. The minimum atomic E-state index is -0.0496. The molecule has 2 fully saturated rings. The molecule has 1 aliphatic heterocycles. The number of nitrogens with one attached hydrogen (secondary N) is 1. The maximum atomic E-state index is 12.4. The van der Waals surface area contributed by atoms with Crippen LogP contribution in [0.4, 0.5) is 5.82 Å². The summed E-state index contributed by atoms with van der Waals surface area (Å²) >= 11 is 0. The molecule has 2 aromatic heterocycles. The molecule has 5 rings (SSSR count). The molecule has 2 aliphatic rings. The van der Waals surface area contributed by atoms with Gasteiger partial charge in [0.15, 0.2) is 0 Å². The van der Waals surface area contributed by atoms with Gasteiger partial charge in [0.05, 0.1) is 5.69 Å². The molecule has 3 aromatic rings. The molecule has 5 nitrogen and oxygen atoms in total. The molecule has 5 heteroatoms. The van der Waals surface area contributed by atoms with Crippen molar-refractivity contribution < 1.29 is 0 Å². The second-order valence-corrected chi connectivity index (χ2v) is 7.71. The van der Waals surface area contributed by atoms with Gasteiger partial charge in [-0.2, -0.15) is 0 Å². The zero-order valence-electron chi connectivity index (χ0n) is 15.6. The van der Waals surface area contributed by atoms with Crippen LogP contribution in [0.2, 0.25) is 0 Å². The highest BCUT2D eigenvalue weighted by Crippen LogP contribution is 2.28. The highest BCUT2D eigenvalue weighted by atomic mass is 16.1. The van der Waals surface area contributed by atoms with Crippen LogP contribution in [0, 0.1) is 6.92 Å². The highest BCUT2D eigenvalue weighted by molar-refractivity contribution is 5.87. The van der Waals surface area contributed by atoms with Gasteiger partial charge >= 0.3 is 0 Å². The number of nitrogens with zero attached hydrogens (tertiary/aromatic N) is 3. The van der Waals surface area contributed by atoms with Crippen molar-refractivity contribution in [1.82, 2.24) is 14.9 Å². The van der Waals surface area contributed by atoms with Crippen molar-refractivity contribution in [2.24, 2.45) is 0 Å². The van der Waals surface area contributed by atoms with Gasteiger partial charge in [-0.1, -0.05) is 12.1 Å². The number of pyridine rings is 2. The Hall–Kier alpha value is -2.66. The molecule has 1 N–H and O–H groups in total. The van der Waals surface area contributed by atoms with Crippen molar-refractivity contribution in [2.45, 2.75) is 25.8 Å². The Morgan fingerprint density at radius 1 is 1.04 bits per heavy atom. The molecule has 0 atom stereocenters. The lowest BCUT2D eigenvalue weighted by Crippen LogP contribution is -2.47. The van der Waals surface area contributed by atoms with Crippen molar-refractivity contribution in [3.8, 4) is 11.3 Å². The fourth-order valence-corrected chi connectivity index (χ4v) is 4.08. The molecule has 1 aliphatic carbocycles. The first-order valence-electron chi connectivity index (χ1n) is 9.77. The zero-order valence-corrected chi connectivity index (χ0v) is 15.6. The number of aryl methyl sites for hydroxylation is 1. The smallest absolute Gasteiger partial charge is 0.256 e. The van der Waals surface area contributed by atoms with E-state index in [9.17, 15) is 4.79 Å². The van der Waals surface area contributed by atoms with Crippen molar-refractivity contribution in [3.05, 3.63) is 58.5 Å². The van der Waals surface area contributed by atoms with E-state index in [0.29, 0.717) is 0 Å². The van der Waals surface area contributed by atoms with Crippen LogP contribution in [0.25, 0.3) is 22.0 Å². The first-order chi connectivity index (χ1) is 13.2. The molecule has 0 spiro atoms. The first kappa shape index (κ1) is 16.5. The van der Waals surface area contributed by atoms with Crippen LogP contribution in [0.1, 0.15) is 18.4 Å². The van der Waals surface area contributed by atoms with Crippen molar-refractivity contribution in [3.63, 3.8) is 0 Å². The Morgan fingerprint density at radius 3 is 2.56 bits per heavy atom. The SMILES string of the molecule is Cc1cccc2c(=O)[nH]c(-c3ccc(N4CCN(C5CC5)CC4)nc3)cc12. The monoisotopic (exact) mass is 360 g/mol. The molecule has 138 valence electrons. The predicted octanol–water partition coefficient (Wildman–Crippen LogP) is 3.18. The van der Waals surface area contributed by atoms with Crippen LogP contribution in [0.3, 0.4) is 0 Å². The normalized spacial score (nSPS) is 18.2. The number of benzene rings is 1. The summed E-state index contributed by atoms with van der Waals surface area (Å²) in [6.07, 6.45) is 4.62. The second kappa shape index (κ2) is 6.50. The number of hydrogen-bond acceptors (Lipinski definition) is 4. The fourth-order valence-electron chi connectivity index (χ4n) is 4.08. The molecule has 0 unspecified atom stereocenters. The zero-order chi connectivity index (χ0) is 18.4. The average Bonchev–Trinajstić information content (AvgIpc) is 3.54. The third kappa shape index (κ3) is 3.12. The number of piperazine rings is 1. The molecule has 1 saturated carbocycles. The first-order valence-corrected chi connectivity index (χ1v) is 9.77. The van der Waals surface area contributed by atoms with Crippen LogP contribution in [0.5, 0.6) is 0 Å². The Labute approximate surface area is 158 Å². The summed E-state index contributed by atoms with van der Waals surface area (Å²) < 4.78 is 0. The van der Waals surface area contributed by atoms with Crippen molar-refractivity contribution in [1.29, 1.82) is 0 Å². The minimum absolute atomic E-state index is 0.0496. The standard InChI is InChI=1S/C22H24N4O/c1-15-3-2-4-18-19(15)13-20(24-22(18)27)16-5-8-21(23-14-16)26-11-9-25(10-12-26)17-6-7-17/h2-5,8,13-14,17H,6-7,9-12H2,1H3,(H,24,27). The molecular weight excluding hydrogens is 336 g/mol. The van der Waals surface area contributed by atoms with Crippen LogP contribution in [0.15, 0.2) is 47.4 Å². The lowest BCUT2D eigenvalue weighted by atomic mass is 10.0. The summed E-state index contributed by atoms with van der Waals surface area (Å²) in [7, 11) is 0. The number of H-pyrrole nitrogens is 1. The maximum absolute atomic E-state index is 12.4. The molecule has 27 heavy (non-hydrogen) atoms. The topological polar surface area (TPSA) is 52.2 Å². The van der Waals surface area contributed by atoms with Crippen LogP contribution >= 0.6 is 0 Å². The summed E-state index contributed by atoms with van der Waals surface area (Å²) in [5.74, 6) is 1.02. The van der Waals surface area contributed by atoms with Crippen LogP contribution < -0.4 is 10.5 Å². The van der Waals surface area contributed by atoms with Gasteiger partial charge < -0.3 is 9.88 Å². The second-order valence-electron chi connectivity index (χ2n) is 7.71. The minimum Gasteiger partial charge on any atom is -0.354 e. The number of fused-ring (bicyclic) bond motifs is 1. The van der Waals surface area contributed by atoms with Gasteiger partial charge in [-0.05, 0) is 55.0 Å². The van der Waals surface area contributed by atoms with Gasteiger partial charge in [-0.15, -0.1) is 0 Å². The van der Waals surface area contributed by atoms with E-state index in [0.717, 1.165) is 65.6 Å². The van der Waals surface area contributed by atoms with Crippen LogP contribution in [-0.4, -0.2) is 47.1 Å². The van der Waals surface area contributed by atoms with Gasteiger partial charge in [0.1, 0.15) is 5.82 Å². The Bertz CT molecular complexity index is 1030. The molecule has 0 amide bonds. The Morgan fingerprint density at radius 2 is 1.85 bits per heavy atom. The van der Waals surface area contributed by atoms with E-state index in [1.54, 1.807) is 0 Å². The van der Waals surface area contributed by atoms with E-state index in [2.05, 4.69) is 38.0 Å². The maximum Gasteiger partial charge on any atom is 0.256 e. The third-order valence-electron chi connectivity index (χ3n) is 5.87. The third-order valence-corrected chi connectivity index (χ3v) is 5.87. The van der Waals surface area contributed by atoms with E-state index in [1.165, 1.54) is 12.8 Å².